The molecule has 1 atom stereocenters. The van der Waals surface area contributed by atoms with Crippen molar-refractivity contribution >= 4 is 0 Å². The van der Waals surface area contributed by atoms with Crippen molar-refractivity contribution in [2.75, 3.05) is 26.8 Å². The Labute approximate surface area is 145 Å². The number of H-pyrrole nitrogens is 1. The Bertz CT molecular complexity index is 885. The van der Waals surface area contributed by atoms with E-state index in [9.17, 15) is 0 Å². The minimum atomic E-state index is 0.0320. The van der Waals surface area contributed by atoms with Gasteiger partial charge >= 0.3 is 0 Å². The summed E-state index contributed by atoms with van der Waals surface area (Å²) in [6.45, 7) is 6.11. The lowest BCUT2D eigenvalue weighted by atomic mass is 10.2. The van der Waals surface area contributed by atoms with Gasteiger partial charge in [0, 0.05) is 17.9 Å². The van der Waals surface area contributed by atoms with Crippen molar-refractivity contribution < 1.29 is 4.74 Å². The summed E-state index contributed by atoms with van der Waals surface area (Å²) in [7, 11) is 2.08. The smallest absolute Gasteiger partial charge is 0.185 e. The first kappa shape index (κ1) is 15.9. The van der Waals surface area contributed by atoms with E-state index in [1.165, 1.54) is 0 Å². The van der Waals surface area contributed by atoms with Crippen LogP contribution < -0.4 is 0 Å². The Morgan fingerprint density at radius 2 is 2.12 bits per heavy atom. The summed E-state index contributed by atoms with van der Waals surface area (Å²) in [5.41, 5.74) is 2.77. The molecular weight excluding hydrogens is 318 g/mol. The van der Waals surface area contributed by atoms with Gasteiger partial charge in [0.1, 0.15) is 0 Å². The molecule has 8 heteroatoms. The lowest BCUT2D eigenvalue weighted by molar-refractivity contribution is 0.00105. The van der Waals surface area contributed by atoms with Gasteiger partial charge in [-0.05, 0) is 33.0 Å². The molecule has 4 rings (SSSR count). The second-order valence-corrected chi connectivity index (χ2v) is 6.32. The fourth-order valence-corrected chi connectivity index (χ4v) is 3.00. The maximum atomic E-state index is 5.68. The van der Waals surface area contributed by atoms with Crippen LogP contribution in [-0.2, 0) is 4.74 Å². The minimum absolute atomic E-state index is 0.0320. The van der Waals surface area contributed by atoms with Crippen LogP contribution in [0.5, 0.6) is 0 Å². The van der Waals surface area contributed by atoms with Crippen LogP contribution in [0.4, 0.5) is 0 Å². The number of hydrogen-bond acceptors (Lipinski definition) is 6. The third-order valence-electron chi connectivity index (χ3n) is 4.49. The molecule has 1 aliphatic heterocycles. The van der Waals surface area contributed by atoms with E-state index in [-0.39, 0.29) is 6.04 Å². The number of aromatic nitrogens is 6. The molecule has 4 heterocycles. The van der Waals surface area contributed by atoms with Crippen LogP contribution in [0.25, 0.3) is 17.2 Å². The highest BCUT2D eigenvalue weighted by atomic mass is 16.5. The lowest BCUT2D eigenvalue weighted by Gasteiger charge is -2.31. The van der Waals surface area contributed by atoms with Crippen LogP contribution in [0.1, 0.15) is 23.3 Å². The van der Waals surface area contributed by atoms with Gasteiger partial charge < -0.3 is 4.74 Å². The standard InChI is InChI=1S/C17H21N7O/c1-11-5-4-6-15(19-11)24-17(14-10-25-8-7-23(14)3)20-16(22-24)13-9-18-21-12(13)2/h4-6,9,14H,7-8,10H2,1-3H3,(H,18,21)/t14-/m1/s1. The second kappa shape index (κ2) is 6.38. The predicted octanol–water partition coefficient (Wildman–Crippen LogP) is 1.67. The van der Waals surface area contributed by atoms with E-state index in [2.05, 4.69) is 27.1 Å². The number of rotatable bonds is 3. The molecule has 1 aliphatic rings. The molecule has 0 spiro atoms. The number of aryl methyl sites for hydroxylation is 2. The molecule has 0 unspecified atom stereocenters. The summed E-state index contributed by atoms with van der Waals surface area (Å²) in [5, 5.41) is 11.8. The predicted molar refractivity (Wildman–Crippen MR) is 92.4 cm³/mol. The molecule has 0 amide bonds. The van der Waals surface area contributed by atoms with E-state index in [0.29, 0.717) is 12.4 Å². The zero-order valence-corrected chi connectivity index (χ0v) is 14.6. The molecule has 130 valence electrons. The number of nitrogens with one attached hydrogen (secondary N) is 1. The molecule has 0 aromatic carbocycles. The SMILES string of the molecule is Cc1cccc(-n2nc(-c3cn[nH]c3C)nc2[C@H]2COCCN2C)n1. The number of likely N-dealkylation sites (N-methyl/N-ethyl adjacent to an activating group) is 1. The monoisotopic (exact) mass is 339 g/mol. The van der Waals surface area contributed by atoms with Crippen molar-refractivity contribution in [2.45, 2.75) is 19.9 Å². The highest BCUT2D eigenvalue weighted by Crippen LogP contribution is 2.27. The summed E-state index contributed by atoms with van der Waals surface area (Å²) >= 11 is 0. The number of aromatic amines is 1. The Kier molecular flexibility index (Phi) is 4.06. The molecule has 1 saturated heterocycles. The first-order valence-corrected chi connectivity index (χ1v) is 8.33. The van der Waals surface area contributed by atoms with E-state index in [4.69, 9.17) is 14.8 Å². The van der Waals surface area contributed by atoms with Crippen molar-refractivity contribution in [1.82, 2.24) is 34.8 Å². The molecule has 25 heavy (non-hydrogen) atoms. The molecule has 1 N–H and O–H groups in total. The molecule has 3 aromatic heterocycles. The van der Waals surface area contributed by atoms with Gasteiger partial charge in [-0.1, -0.05) is 6.07 Å². The quantitative estimate of drug-likeness (QED) is 0.781. The number of morpholine rings is 1. The topological polar surface area (TPSA) is 84.8 Å². The zero-order valence-electron chi connectivity index (χ0n) is 14.6. The third-order valence-corrected chi connectivity index (χ3v) is 4.49. The van der Waals surface area contributed by atoms with Gasteiger partial charge in [-0.3, -0.25) is 10.00 Å². The third kappa shape index (κ3) is 2.94. The largest absolute Gasteiger partial charge is 0.378 e. The highest BCUT2D eigenvalue weighted by Gasteiger charge is 2.29. The van der Waals surface area contributed by atoms with Crippen molar-refractivity contribution in [3.63, 3.8) is 0 Å². The van der Waals surface area contributed by atoms with Crippen LogP contribution in [0.15, 0.2) is 24.4 Å². The average Bonchev–Trinajstić information content (AvgIpc) is 3.21. The van der Waals surface area contributed by atoms with Crippen molar-refractivity contribution in [2.24, 2.45) is 0 Å². The van der Waals surface area contributed by atoms with Gasteiger partial charge in [0.05, 0.1) is 31.0 Å². The van der Waals surface area contributed by atoms with Crippen molar-refractivity contribution in [3.05, 3.63) is 41.6 Å². The van der Waals surface area contributed by atoms with Crippen molar-refractivity contribution in [3.8, 4) is 17.2 Å². The zero-order chi connectivity index (χ0) is 17.4. The average molecular weight is 339 g/mol. The Balaban J connectivity index is 1.85. The van der Waals surface area contributed by atoms with Gasteiger partial charge in [-0.2, -0.15) is 9.78 Å². The molecular formula is C17H21N7O. The van der Waals surface area contributed by atoms with E-state index in [1.807, 2.05) is 36.7 Å². The van der Waals surface area contributed by atoms with E-state index in [1.54, 1.807) is 6.20 Å². The van der Waals surface area contributed by atoms with Gasteiger partial charge in [-0.25, -0.2) is 9.97 Å². The molecule has 3 aromatic rings. The van der Waals surface area contributed by atoms with E-state index >= 15 is 0 Å². The number of hydrogen-bond donors (Lipinski definition) is 1. The lowest BCUT2D eigenvalue weighted by Crippen LogP contribution is -2.38. The molecule has 0 radical (unpaired) electrons. The first-order chi connectivity index (χ1) is 12.1. The van der Waals surface area contributed by atoms with Crippen LogP contribution >= 0.6 is 0 Å². The number of nitrogens with zero attached hydrogens (tertiary/aromatic N) is 6. The molecule has 0 bridgehead atoms. The Hall–Kier alpha value is -2.58. The van der Waals surface area contributed by atoms with Gasteiger partial charge in [0.2, 0.25) is 0 Å². The minimum Gasteiger partial charge on any atom is -0.378 e. The molecule has 8 nitrogen and oxygen atoms in total. The fourth-order valence-electron chi connectivity index (χ4n) is 3.00. The first-order valence-electron chi connectivity index (χ1n) is 8.33. The van der Waals surface area contributed by atoms with E-state index in [0.717, 1.165) is 41.7 Å². The normalized spacial score (nSPS) is 18.6. The van der Waals surface area contributed by atoms with Crippen LogP contribution in [-0.4, -0.2) is 61.7 Å². The summed E-state index contributed by atoms with van der Waals surface area (Å²) in [5.74, 6) is 2.23. The van der Waals surface area contributed by atoms with Gasteiger partial charge in [0.15, 0.2) is 17.5 Å². The number of ether oxygens (including phenoxy) is 1. The van der Waals surface area contributed by atoms with Crippen LogP contribution in [0.3, 0.4) is 0 Å². The maximum Gasteiger partial charge on any atom is 0.185 e. The Morgan fingerprint density at radius 3 is 2.84 bits per heavy atom. The number of pyridine rings is 1. The molecule has 1 fully saturated rings. The maximum absolute atomic E-state index is 5.68. The summed E-state index contributed by atoms with van der Waals surface area (Å²) in [6, 6.07) is 5.93. The highest BCUT2D eigenvalue weighted by molar-refractivity contribution is 5.56. The molecule has 0 aliphatic carbocycles. The summed E-state index contributed by atoms with van der Waals surface area (Å²) in [4.78, 5) is 11.7. The van der Waals surface area contributed by atoms with E-state index < -0.39 is 0 Å². The fraction of sp³-hybridized carbons (Fsp3) is 0.412. The van der Waals surface area contributed by atoms with Crippen LogP contribution in [0, 0.1) is 13.8 Å². The second-order valence-electron chi connectivity index (χ2n) is 6.32. The molecule has 0 saturated carbocycles. The van der Waals surface area contributed by atoms with Crippen LogP contribution in [0.2, 0.25) is 0 Å². The summed E-state index contributed by atoms with van der Waals surface area (Å²) < 4.78 is 7.51. The van der Waals surface area contributed by atoms with Crippen molar-refractivity contribution in [1.29, 1.82) is 0 Å². The van der Waals surface area contributed by atoms with Gasteiger partial charge in [0.25, 0.3) is 0 Å². The Morgan fingerprint density at radius 1 is 1.24 bits per heavy atom. The summed E-state index contributed by atoms with van der Waals surface area (Å²) in [6.07, 6.45) is 1.75. The van der Waals surface area contributed by atoms with Gasteiger partial charge in [-0.15, -0.1) is 5.10 Å².